The van der Waals surface area contributed by atoms with Gasteiger partial charge < -0.3 is 14.1 Å². The molecule has 0 saturated heterocycles. The number of rotatable bonds is 6. The Balaban J connectivity index is 1.84. The van der Waals surface area contributed by atoms with Crippen LogP contribution in [0, 0.1) is 0 Å². The summed E-state index contributed by atoms with van der Waals surface area (Å²) >= 11 is 6.10. The van der Waals surface area contributed by atoms with Crippen LogP contribution in [0.5, 0.6) is 5.75 Å². The summed E-state index contributed by atoms with van der Waals surface area (Å²) < 4.78 is 26.1. The molecule has 0 bridgehead atoms. The highest BCUT2D eigenvalue weighted by molar-refractivity contribution is 7.83. The Morgan fingerprint density at radius 1 is 1.26 bits per heavy atom. The van der Waals surface area contributed by atoms with Crippen molar-refractivity contribution >= 4 is 45.2 Å². The summed E-state index contributed by atoms with van der Waals surface area (Å²) in [5, 5.41) is 1.12. The normalized spacial score (nSPS) is 12.0. The molecule has 0 spiro atoms. The zero-order valence-corrected chi connectivity index (χ0v) is 16.7. The van der Waals surface area contributed by atoms with Crippen LogP contribution in [-0.4, -0.2) is 30.8 Å². The fourth-order valence-corrected chi connectivity index (χ4v) is 3.72. The molecular formula is C19H19ClN2O4S. The standard InChI is InChI=1S/C19H19ClN2O4S/c1-4-25-18-14(20)6-5-7-17(18)27(24)21-19(23)16-10-12-8-9-13(22(2)3)11-15(12)26-16/h5-11H,4H2,1-3H3,(H,21,23). The van der Waals surface area contributed by atoms with Gasteiger partial charge in [0.25, 0.3) is 5.91 Å². The summed E-state index contributed by atoms with van der Waals surface area (Å²) in [6.45, 7) is 2.16. The average Bonchev–Trinajstić information content (AvgIpc) is 3.06. The lowest BCUT2D eigenvalue weighted by Gasteiger charge is -2.11. The highest BCUT2D eigenvalue weighted by atomic mass is 35.5. The van der Waals surface area contributed by atoms with Crippen molar-refractivity contribution in [1.29, 1.82) is 0 Å². The molecule has 1 amide bonds. The molecule has 8 heteroatoms. The number of carbonyl (C=O) groups is 1. The minimum absolute atomic E-state index is 0.0780. The first-order valence-corrected chi connectivity index (χ1v) is 9.78. The smallest absolute Gasteiger partial charge is 0.298 e. The van der Waals surface area contributed by atoms with Crippen molar-refractivity contribution in [3.63, 3.8) is 0 Å². The minimum atomic E-state index is -1.85. The first-order chi connectivity index (χ1) is 12.9. The van der Waals surface area contributed by atoms with Gasteiger partial charge in [0.2, 0.25) is 0 Å². The van der Waals surface area contributed by atoms with Gasteiger partial charge in [-0.1, -0.05) is 17.7 Å². The maximum atomic E-state index is 12.6. The van der Waals surface area contributed by atoms with Gasteiger partial charge in [-0.3, -0.25) is 9.52 Å². The van der Waals surface area contributed by atoms with Crippen molar-refractivity contribution < 1.29 is 18.2 Å². The minimum Gasteiger partial charge on any atom is -0.491 e. The number of para-hydroxylation sites is 1. The summed E-state index contributed by atoms with van der Waals surface area (Å²) in [6.07, 6.45) is 0. The Bertz CT molecular complexity index is 1020. The highest BCUT2D eigenvalue weighted by Gasteiger charge is 2.19. The largest absolute Gasteiger partial charge is 0.491 e. The summed E-state index contributed by atoms with van der Waals surface area (Å²) in [6, 6.07) is 12.1. The van der Waals surface area contributed by atoms with Crippen molar-refractivity contribution in [3.05, 3.63) is 53.2 Å². The average molecular weight is 407 g/mol. The summed E-state index contributed by atoms with van der Waals surface area (Å²) in [5.74, 6) is -0.215. The van der Waals surface area contributed by atoms with Crippen LogP contribution in [0.25, 0.3) is 11.0 Å². The van der Waals surface area contributed by atoms with Gasteiger partial charge in [0.15, 0.2) is 22.5 Å². The molecule has 0 aliphatic heterocycles. The SMILES string of the molecule is CCOc1c(Cl)cccc1S(=O)NC(=O)c1cc2ccc(N(C)C)cc2o1. The molecule has 0 aliphatic rings. The van der Waals surface area contributed by atoms with E-state index in [-0.39, 0.29) is 5.76 Å². The zero-order valence-electron chi connectivity index (χ0n) is 15.1. The van der Waals surface area contributed by atoms with Crippen LogP contribution in [0.1, 0.15) is 17.5 Å². The number of ether oxygens (including phenoxy) is 1. The summed E-state index contributed by atoms with van der Waals surface area (Å²) in [4.78, 5) is 14.7. The van der Waals surface area contributed by atoms with Crippen molar-refractivity contribution in [2.24, 2.45) is 0 Å². The third kappa shape index (κ3) is 4.09. The summed E-state index contributed by atoms with van der Waals surface area (Å²) in [7, 11) is 1.99. The van der Waals surface area contributed by atoms with Crippen LogP contribution in [0.2, 0.25) is 5.02 Å². The molecule has 6 nitrogen and oxygen atoms in total. The molecule has 1 aromatic heterocycles. The topological polar surface area (TPSA) is 71.8 Å². The Kier molecular flexibility index (Phi) is 5.72. The molecule has 0 fully saturated rings. The van der Waals surface area contributed by atoms with Crippen molar-refractivity contribution in [2.45, 2.75) is 11.8 Å². The van der Waals surface area contributed by atoms with Crippen LogP contribution >= 0.6 is 11.6 Å². The van der Waals surface area contributed by atoms with E-state index in [2.05, 4.69) is 4.72 Å². The molecule has 1 heterocycles. The van der Waals surface area contributed by atoms with Gasteiger partial charge in [-0.15, -0.1) is 0 Å². The molecule has 27 heavy (non-hydrogen) atoms. The van der Waals surface area contributed by atoms with E-state index >= 15 is 0 Å². The van der Waals surface area contributed by atoms with Gasteiger partial charge in [-0.05, 0) is 37.3 Å². The van der Waals surface area contributed by atoms with Crippen LogP contribution in [0.15, 0.2) is 51.8 Å². The maximum Gasteiger partial charge on any atom is 0.298 e. The molecule has 1 atom stereocenters. The lowest BCUT2D eigenvalue weighted by Crippen LogP contribution is -2.25. The highest BCUT2D eigenvalue weighted by Crippen LogP contribution is 2.31. The van der Waals surface area contributed by atoms with E-state index in [0.717, 1.165) is 11.1 Å². The van der Waals surface area contributed by atoms with Gasteiger partial charge >= 0.3 is 0 Å². The number of furan rings is 1. The van der Waals surface area contributed by atoms with E-state index in [1.807, 2.05) is 37.2 Å². The number of carbonyl (C=O) groups excluding carboxylic acids is 1. The third-order valence-electron chi connectivity index (χ3n) is 3.85. The van der Waals surface area contributed by atoms with Crippen LogP contribution in [-0.2, 0) is 11.0 Å². The number of halogens is 1. The lowest BCUT2D eigenvalue weighted by atomic mass is 10.2. The molecule has 3 rings (SSSR count). The molecule has 1 unspecified atom stereocenters. The Labute approximate surface area is 164 Å². The lowest BCUT2D eigenvalue weighted by molar-refractivity contribution is 0.0958. The second kappa shape index (κ2) is 8.02. The van der Waals surface area contributed by atoms with Crippen LogP contribution in [0.4, 0.5) is 5.69 Å². The molecular weight excluding hydrogens is 388 g/mol. The number of benzene rings is 2. The Morgan fingerprint density at radius 3 is 2.74 bits per heavy atom. The number of nitrogens with zero attached hydrogens (tertiary/aromatic N) is 1. The summed E-state index contributed by atoms with van der Waals surface area (Å²) in [5.41, 5.74) is 1.53. The van der Waals surface area contributed by atoms with Gasteiger partial charge in [0.05, 0.1) is 11.6 Å². The van der Waals surface area contributed by atoms with E-state index in [1.54, 1.807) is 31.2 Å². The molecule has 0 aliphatic carbocycles. The molecule has 3 aromatic rings. The molecule has 0 saturated carbocycles. The van der Waals surface area contributed by atoms with E-state index in [1.165, 1.54) is 0 Å². The fraction of sp³-hybridized carbons (Fsp3) is 0.211. The first kappa shape index (κ1) is 19.3. The van der Waals surface area contributed by atoms with Crippen LogP contribution in [0.3, 0.4) is 0 Å². The number of hydrogen-bond donors (Lipinski definition) is 1. The Morgan fingerprint density at radius 2 is 2.04 bits per heavy atom. The third-order valence-corrected chi connectivity index (χ3v) is 5.24. The molecule has 0 radical (unpaired) electrons. The second-order valence-electron chi connectivity index (χ2n) is 5.93. The predicted molar refractivity (Wildman–Crippen MR) is 107 cm³/mol. The number of amides is 1. The maximum absolute atomic E-state index is 12.6. The quantitative estimate of drug-likeness (QED) is 0.669. The van der Waals surface area contributed by atoms with E-state index in [4.69, 9.17) is 20.8 Å². The number of nitrogens with one attached hydrogen (secondary N) is 1. The second-order valence-corrected chi connectivity index (χ2v) is 7.52. The van der Waals surface area contributed by atoms with Crippen LogP contribution < -0.4 is 14.4 Å². The van der Waals surface area contributed by atoms with E-state index in [0.29, 0.717) is 27.9 Å². The molecule has 142 valence electrons. The van der Waals surface area contributed by atoms with Gasteiger partial charge in [0, 0.05) is 31.2 Å². The van der Waals surface area contributed by atoms with E-state index in [9.17, 15) is 9.00 Å². The number of hydrogen-bond acceptors (Lipinski definition) is 5. The fourth-order valence-electron chi connectivity index (χ4n) is 2.52. The monoisotopic (exact) mass is 406 g/mol. The zero-order chi connectivity index (χ0) is 19.6. The molecule has 1 N–H and O–H groups in total. The van der Waals surface area contributed by atoms with Gasteiger partial charge in [-0.25, -0.2) is 4.21 Å². The van der Waals surface area contributed by atoms with Crippen molar-refractivity contribution in [1.82, 2.24) is 4.72 Å². The first-order valence-electron chi connectivity index (χ1n) is 8.25. The predicted octanol–water partition coefficient (Wildman–Crippen LogP) is 4.00. The van der Waals surface area contributed by atoms with Gasteiger partial charge in [-0.2, -0.15) is 0 Å². The van der Waals surface area contributed by atoms with Gasteiger partial charge in [0.1, 0.15) is 10.5 Å². The van der Waals surface area contributed by atoms with Crippen molar-refractivity contribution in [2.75, 3.05) is 25.6 Å². The molecule has 2 aromatic carbocycles. The number of fused-ring (bicyclic) bond motifs is 1. The Hall–Kier alpha value is -2.51. The number of anilines is 1. The van der Waals surface area contributed by atoms with E-state index < -0.39 is 16.9 Å². The van der Waals surface area contributed by atoms with Crippen molar-refractivity contribution in [3.8, 4) is 5.75 Å².